The third kappa shape index (κ3) is 5.04. The van der Waals surface area contributed by atoms with Gasteiger partial charge < -0.3 is 10.6 Å². The zero-order valence-electron chi connectivity index (χ0n) is 11.6. The van der Waals surface area contributed by atoms with Crippen LogP contribution in [0.15, 0.2) is 30.3 Å². The van der Waals surface area contributed by atoms with Gasteiger partial charge in [-0.2, -0.15) is 0 Å². The van der Waals surface area contributed by atoms with Crippen LogP contribution in [0.2, 0.25) is 0 Å². The highest BCUT2D eigenvalue weighted by molar-refractivity contribution is 5.91. The summed E-state index contributed by atoms with van der Waals surface area (Å²) >= 11 is 0. The molecule has 0 aliphatic heterocycles. The third-order valence-electron chi connectivity index (χ3n) is 2.44. The van der Waals surface area contributed by atoms with Gasteiger partial charge in [0, 0.05) is 25.4 Å². The van der Waals surface area contributed by atoms with Gasteiger partial charge in [0.2, 0.25) is 5.91 Å². The number of nitrogens with zero attached hydrogens (tertiary/aromatic N) is 1. The second-order valence-corrected chi connectivity index (χ2v) is 5.75. The van der Waals surface area contributed by atoms with E-state index in [1.54, 1.807) is 17.1 Å². The van der Waals surface area contributed by atoms with Crippen molar-refractivity contribution in [3.8, 4) is 0 Å². The summed E-state index contributed by atoms with van der Waals surface area (Å²) in [5, 5.41) is 0. The van der Waals surface area contributed by atoms with Crippen LogP contribution in [0.5, 0.6) is 0 Å². The van der Waals surface area contributed by atoms with Crippen molar-refractivity contribution in [1.82, 2.24) is 4.90 Å². The van der Waals surface area contributed by atoms with Crippen molar-refractivity contribution in [2.75, 3.05) is 19.3 Å². The fourth-order valence-corrected chi connectivity index (χ4v) is 1.69. The van der Waals surface area contributed by atoms with Crippen LogP contribution < -0.4 is 5.73 Å². The van der Waals surface area contributed by atoms with Gasteiger partial charge in [-0.1, -0.05) is 32.9 Å². The highest BCUT2D eigenvalue weighted by Crippen LogP contribution is 2.14. The molecule has 0 aromatic heterocycles. The molecule has 0 aliphatic rings. The van der Waals surface area contributed by atoms with Crippen LogP contribution in [0.3, 0.4) is 0 Å². The van der Waals surface area contributed by atoms with E-state index in [9.17, 15) is 4.79 Å². The van der Waals surface area contributed by atoms with Gasteiger partial charge in [-0.05, 0) is 29.2 Å². The lowest BCUT2D eigenvalue weighted by molar-refractivity contribution is -0.125. The Morgan fingerprint density at radius 2 is 1.83 bits per heavy atom. The Morgan fingerprint density at radius 3 is 2.33 bits per heavy atom. The highest BCUT2D eigenvalue weighted by Gasteiger charge is 2.15. The molecule has 1 amide bonds. The molecule has 1 aromatic carbocycles. The number of anilines is 1. The zero-order valence-corrected chi connectivity index (χ0v) is 11.6. The molecule has 18 heavy (non-hydrogen) atoms. The van der Waals surface area contributed by atoms with E-state index >= 15 is 0 Å². The van der Waals surface area contributed by atoms with Crippen LogP contribution >= 0.6 is 0 Å². The summed E-state index contributed by atoms with van der Waals surface area (Å²) in [5.41, 5.74) is 7.41. The number of hydrogen-bond acceptors (Lipinski definition) is 2. The topological polar surface area (TPSA) is 46.3 Å². The molecule has 0 spiro atoms. The maximum atomic E-state index is 11.9. The minimum absolute atomic E-state index is 0.0155. The van der Waals surface area contributed by atoms with Gasteiger partial charge >= 0.3 is 0 Å². The molecule has 98 valence electrons. The first-order valence-corrected chi connectivity index (χ1v) is 6.07. The maximum Gasteiger partial charge on any atom is 0.246 e. The molecule has 0 unspecified atom stereocenters. The smallest absolute Gasteiger partial charge is 0.246 e. The Balaban J connectivity index is 2.61. The number of rotatable bonds is 3. The Labute approximate surface area is 109 Å². The lowest BCUT2D eigenvalue weighted by atomic mass is 9.96. The van der Waals surface area contributed by atoms with E-state index in [4.69, 9.17) is 5.73 Å². The number of likely N-dealkylation sites (N-methyl/N-ethyl adjacent to an activating group) is 1. The Bertz CT molecular complexity index is 427. The van der Waals surface area contributed by atoms with Crippen LogP contribution in [0.25, 0.3) is 6.08 Å². The number of carbonyl (C=O) groups is 1. The summed E-state index contributed by atoms with van der Waals surface area (Å²) in [6.45, 7) is 7.07. The summed E-state index contributed by atoms with van der Waals surface area (Å²) in [7, 11) is 1.82. The number of nitrogen functional groups attached to an aromatic ring is 1. The average molecular weight is 246 g/mol. The summed E-state index contributed by atoms with van der Waals surface area (Å²) in [6.07, 6.45) is 3.40. The lowest BCUT2D eigenvalue weighted by Gasteiger charge is -2.25. The largest absolute Gasteiger partial charge is 0.399 e. The van der Waals surface area contributed by atoms with Gasteiger partial charge in [-0.3, -0.25) is 4.79 Å². The first-order valence-electron chi connectivity index (χ1n) is 6.07. The highest BCUT2D eigenvalue weighted by atomic mass is 16.2. The van der Waals surface area contributed by atoms with Crippen molar-refractivity contribution in [2.45, 2.75) is 20.8 Å². The Morgan fingerprint density at radius 1 is 1.28 bits per heavy atom. The summed E-state index contributed by atoms with van der Waals surface area (Å²) in [6, 6.07) is 7.43. The number of benzene rings is 1. The number of carbonyl (C=O) groups excluding carboxylic acids is 1. The monoisotopic (exact) mass is 246 g/mol. The van der Waals surface area contributed by atoms with Crippen LogP contribution in [0.4, 0.5) is 5.69 Å². The number of nitrogens with two attached hydrogens (primary N) is 1. The molecule has 0 atom stereocenters. The molecule has 1 rings (SSSR count). The lowest BCUT2D eigenvalue weighted by Crippen LogP contribution is -2.33. The van der Waals surface area contributed by atoms with E-state index < -0.39 is 0 Å². The van der Waals surface area contributed by atoms with Crippen molar-refractivity contribution in [3.63, 3.8) is 0 Å². The van der Waals surface area contributed by atoms with Gasteiger partial charge in [-0.25, -0.2) is 0 Å². The summed E-state index contributed by atoms with van der Waals surface area (Å²) < 4.78 is 0. The van der Waals surface area contributed by atoms with E-state index in [1.165, 1.54) is 0 Å². The number of hydrogen-bond donors (Lipinski definition) is 1. The van der Waals surface area contributed by atoms with E-state index in [2.05, 4.69) is 20.8 Å². The van der Waals surface area contributed by atoms with Crippen LogP contribution in [-0.2, 0) is 4.79 Å². The molecular weight excluding hydrogens is 224 g/mol. The van der Waals surface area contributed by atoms with Crippen molar-refractivity contribution >= 4 is 17.7 Å². The normalized spacial score (nSPS) is 11.8. The first-order chi connectivity index (χ1) is 8.28. The summed E-state index contributed by atoms with van der Waals surface area (Å²) in [5.74, 6) is 0.0155. The van der Waals surface area contributed by atoms with Gasteiger partial charge in [0.15, 0.2) is 0 Å². The molecule has 0 bridgehead atoms. The van der Waals surface area contributed by atoms with Crippen molar-refractivity contribution in [2.24, 2.45) is 5.41 Å². The standard InChI is InChI=1S/C15H22N2O/c1-15(2,3)11-17(4)14(18)10-7-12-5-8-13(16)9-6-12/h5-10H,11,16H2,1-4H3/b10-7+. The van der Waals surface area contributed by atoms with Crippen LogP contribution in [0.1, 0.15) is 26.3 Å². The van der Waals surface area contributed by atoms with Crippen molar-refractivity contribution in [1.29, 1.82) is 0 Å². The molecule has 0 saturated carbocycles. The van der Waals surface area contributed by atoms with Gasteiger partial charge in [0.05, 0.1) is 0 Å². The zero-order chi connectivity index (χ0) is 13.8. The molecule has 3 heteroatoms. The first kappa shape index (κ1) is 14.3. The molecular formula is C15H22N2O. The predicted octanol–water partition coefficient (Wildman–Crippen LogP) is 2.79. The molecule has 1 aromatic rings. The Kier molecular flexibility index (Phi) is 4.54. The minimum atomic E-state index is 0.0155. The van der Waals surface area contributed by atoms with Crippen molar-refractivity contribution in [3.05, 3.63) is 35.9 Å². The molecule has 0 heterocycles. The van der Waals surface area contributed by atoms with Crippen molar-refractivity contribution < 1.29 is 4.79 Å². The summed E-state index contributed by atoms with van der Waals surface area (Å²) in [4.78, 5) is 13.6. The minimum Gasteiger partial charge on any atom is -0.399 e. The van der Waals surface area contributed by atoms with Crippen LogP contribution in [0, 0.1) is 5.41 Å². The SMILES string of the molecule is CN(CC(C)(C)C)C(=O)/C=C/c1ccc(N)cc1. The molecule has 0 radical (unpaired) electrons. The van der Waals surface area contributed by atoms with Gasteiger partial charge in [0.1, 0.15) is 0 Å². The van der Waals surface area contributed by atoms with Gasteiger partial charge in [-0.15, -0.1) is 0 Å². The molecule has 3 nitrogen and oxygen atoms in total. The fraction of sp³-hybridized carbons (Fsp3) is 0.400. The second-order valence-electron chi connectivity index (χ2n) is 5.75. The fourth-order valence-electron chi connectivity index (χ4n) is 1.69. The average Bonchev–Trinajstić information content (AvgIpc) is 2.25. The quantitative estimate of drug-likeness (QED) is 0.658. The molecule has 2 N–H and O–H groups in total. The molecule has 0 aliphatic carbocycles. The van der Waals surface area contributed by atoms with E-state index in [-0.39, 0.29) is 11.3 Å². The molecule has 0 fully saturated rings. The maximum absolute atomic E-state index is 11.9. The van der Waals surface area contributed by atoms with E-state index in [0.717, 1.165) is 17.8 Å². The number of amides is 1. The van der Waals surface area contributed by atoms with Crippen LogP contribution in [-0.4, -0.2) is 24.4 Å². The Hall–Kier alpha value is -1.77. The third-order valence-corrected chi connectivity index (χ3v) is 2.44. The van der Waals surface area contributed by atoms with E-state index in [1.807, 2.05) is 31.3 Å². The molecule has 0 saturated heterocycles. The van der Waals surface area contributed by atoms with Gasteiger partial charge in [0.25, 0.3) is 0 Å². The van der Waals surface area contributed by atoms with E-state index in [0.29, 0.717) is 0 Å². The predicted molar refractivity (Wildman–Crippen MR) is 77.0 cm³/mol. The second kappa shape index (κ2) is 5.71.